The Morgan fingerprint density at radius 2 is 1.67 bits per heavy atom. The van der Waals surface area contributed by atoms with Gasteiger partial charge in [-0.3, -0.25) is 4.79 Å². The number of aliphatic carboxylic acids is 1. The van der Waals surface area contributed by atoms with E-state index in [0.29, 0.717) is 12.3 Å². The number of carbonyl (C=O) groups is 2. The summed E-state index contributed by atoms with van der Waals surface area (Å²) < 4.78 is 4.78. The zero-order valence-electron chi connectivity index (χ0n) is 14.1. The Morgan fingerprint density at radius 1 is 1.14 bits per heavy atom. The molecule has 2 N–H and O–H groups in total. The molecule has 126 valence electrons. The molecule has 1 amide bonds. The molecule has 0 aliphatic heterocycles. The summed E-state index contributed by atoms with van der Waals surface area (Å²) in [6.07, 6.45) is -0.313. The van der Waals surface area contributed by atoms with Gasteiger partial charge in [-0.25, -0.2) is 4.79 Å². The summed E-state index contributed by atoms with van der Waals surface area (Å²) in [5.41, 5.74) is -0.491. The monoisotopic (exact) mass is 339 g/mol. The van der Waals surface area contributed by atoms with Crippen molar-refractivity contribution in [3.8, 4) is 0 Å². The summed E-state index contributed by atoms with van der Waals surface area (Å²) >= 11 is 0. The molecule has 0 radical (unpaired) electrons. The molecule has 0 aromatic heterocycles. The van der Waals surface area contributed by atoms with Crippen LogP contribution in [0.4, 0.5) is 4.79 Å². The molecule has 0 unspecified atom stereocenters. The maximum atomic E-state index is 11.3. The number of carbonyl (C=O) groups excluding carboxylic acids is 1. The van der Waals surface area contributed by atoms with Crippen LogP contribution < -0.4 is 5.32 Å². The average molecular weight is 340 g/mol. The highest BCUT2D eigenvalue weighted by Crippen LogP contribution is 2.37. The summed E-state index contributed by atoms with van der Waals surface area (Å²) in [6, 6.07) is 0. The molecule has 21 heavy (non-hydrogen) atoms. The highest BCUT2D eigenvalue weighted by Gasteiger charge is 2.22. The molecule has 0 saturated heterocycles. The minimum atomic E-state index is -0.801. The van der Waals surface area contributed by atoms with E-state index in [0.717, 1.165) is 0 Å². The lowest BCUT2D eigenvalue weighted by Gasteiger charge is -2.21. The summed E-state index contributed by atoms with van der Waals surface area (Å²) in [4.78, 5) is 22.0. The van der Waals surface area contributed by atoms with Crippen LogP contribution >= 0.6 is 21.6 Å². The summed E-state index contributed by atoms with van der Waals surface area (Å²) in [5.74, 6) is -0.0996. The van der Waals surface area contributed by atoms with E-state index in [1.165, 1.54) is 10.8 Å². The van der Waals surface area contributed by atoms with Gasteiger partial charge in [-0.2, -0.15) is 0 Å². The van der Waals surface area contributed by atoms with Crippen molar-refractivity contribution in [1.29, 1.82) is 0 Å². The standard InChI is InChI=1S/C12H23NO4S2.C2H6/c1-11(2,3)17-10(16)13-6-7-18-19-12(4,5)8-9(14)15;1-2/h6-8H2,1-5H3,(H,13,16)(H,14,15);1-2H3. The van der Waals surface area contributed by atoms with Crippen molar-refractivity contribution in [3.63, 3.8) is 0 Å². The predicted octanol–water partition coefficient (Wildman–Crippen LogP) is 4.17. The van der Waals surface area contributed by atoms with E-state index in [9.17, 15) is 9.59 Å². The summed E-state index contributed by atoms with van der Waals surface area (Å²) in [7, 11) is 3.06. The number of ether oxygens (including phenoxy) is 1. The third-order valence-electron chi connectivity index (χ3n) is 1.72. The minimum absolute atomic E-state index is 0.115. The third kappa shape index (κ3) is 17.4. The first-order chi connectivity index (χ1) is 9.52. The zero-order chi connectivity index (χ0) is 17.1. The Bertz CT molecular complexity index is 315. The molecule has 0 fully saturated rings. The van der Waals surface area contributed by atoms with E-state index in [1.807, 2.05) is 48.5 Å². The van der Waals surface area contributed by atoms with Gasteiger partial charge in [0.15, 0.2) is 0 Å². The van der Waals surface area contributed by atoms with Crippen molar-refractivity contribution in [1.82, 2.24) is 5.32 Å². The maximum Gasteiger partial charge on any atom is 0.407 e. The van der Waals surface area contributed by atoms with E-state index in [1.54, 1.807) is 10.8 Å². The second-order valence-electron chi connectivity index (χ2n) is 5.66. The van der Waals surface area contributed by atoms with E-state index < -0.39 is 17.7 Å². The van der Waals surface area contributed by atoms with Crippen LogP contribution in [-0.2, 0) is 9.53 Å². The summed E-state index contributed by atoms with van der Waals surface area (Å²) in [5, 5.41) is 11.4. The molecule has 0 rings (SSSR count). The number of hydrogen-bond donors (Lipinski definition) is 2. The van der Waals surface area contributed by atoms with Crippen molar-refractivity contribution in [2.24, 2.45) is 0 Å². The Labute approximate surface area is 136 Å². The lowest BCUT2D eigenvalue weighted by atomic mass is 10.1. The fourth-order valence-corrected chi connectivity index (χ4v) is 3.51. The quantitative estimate of drug-likeness (QED) is 0.535. The van der Waals surface area contributed by atoms with Crippen molar-refractivity contribution < 1.29 is 19.4 Å². The molecule has 0 bridgehead atoms. The molecule has 0 atom stereocenters. The van der Waals surface area contributed by atoms with Gasteiger partial charge in [-0.1, -0.05) is 35.4 Å². The van der Waals surface area contributed by atoms with Gasteiger partial charge in [0.25, 0.3) is 0 Å². The van der Waals surface area contributed by atoms with Gasteiger partial charge in [0, 0.05) is 17.0 Å². The normalized spacial score (nSPS) is 11.2. The van der Waals surface area contributed by atoms with Crippen molar-refractivity contribution >= 4 is 33.7 Å². The van der Waals surface area contributed by atoms with Crippen LogP contribution in [0.5, 0.6) is 0 Å². The number of carboxylic acids is 1. The Hall–Kier alpha value is -0.560. The van der Waals surface area contributed by atoms with Gasteiger partial charge in [0.05, 0.1) is 6.42 Å². The van der Waals surface area contributed by atoms with Gasteiger partial charge < -0.3 is 15.2 Å². The number of amides is 1. The number of carboxylic acid groups (broad SMARTS) is 1. The van der Waals surface area contributed by atoms with Gasteiger partial charge in [0.1, 0.15) is 5.60 Å². The highest BCUT2D eigenvalue weighted by atomic mass is 33.1. The summed E-state index contributed by atoms with van der Waals surface area (Å²) in [6.45, 7) is 13.7. The molecular weight excluding hydrogens is 310 g/mol. The maximum absolute atomic E-state index is 11.3. The topological polar surface area (TPSA) is 75.6 Å². The zero-order valence-corrected chi connectivity index (χ0v) is 15.7. The second-order valence-corrected chi connectivity index (χ2v) is 8.79. The predicted molar refractivity (Wildman–Crippen MR) is 92.0 cm³/mol. The van der Waals surface area contributed by atoms with Crippen LogP contribution in [0.1, 0.15) is 54.9 Å². The molecule has 0 aliphatic rings. The van der Waals surface area contributed by atoms with E-state index in [2.05, 4.69) is 5.32 Å². The number of hydrogen-bond acceptors (Lipinski definition) is 5. The first-order valence-electron chi connectivity index (χ1n) is 7.01. The Balaban J connectivity index is 0. The van der Waals surface area contributed by atoms with Gasteiger partial charge in [-0.05, 0) is 34.6 Å². The van der Waals surface area contributed by atoms with Crippen molar-refractivity contribution in [3.05, 3.63) is 0 Å². The Morgan fingerprint density at radius 3 is 2.10 bits per heavy atom. The second kappa shape index (κ2) is 11.1. The van der Waals surface area contributed by atoms with Crippen LogP contribution in [0, 0.1) is 0 Å². The van der Waals surface area contributed by atoms with E-state index in [-0.39, 0.29) is 11.2 Å². The lowest BCUT2D eigenvalue weighted by Crippen LogP contribution is -2.33. The molecule has 0 aromatic rings. The SMILES string of the molecule is CC.CC(C)(C)OC(=O)NCCSSC(C)(C)CC(=O)O. The fourth-order valence-electron chi connectivity index (χ4n) is 1.10. The first-order valence-corrected chi connectivity index (χ1v) is 9.33. The first kappa shape index (κ1) is 22.7. The van der Waals surface area contributed by atoms with Crippen molar-refractivity contribution in [2.45, 2.75) is 65.2 Å². The van der Waals surface area contributed by atoms with Crippen LogP contribution in [0.15, 0.2) is 0 Å². The van der Waals surface area contributed by atoms with Crippen molar-refractivity contribution in [2.75, 3.05) is 12.3 Å². The van der Waals surface area contributed by atoms with Gasteiger partial charge >= 0.3 is 12.1 Å². The average Bonchev–Trinajstić information content (AvgIpc) is 2.26. The lowest BCUT2D eigenvalue weighted by molar-refractivity contribution is -0.137. The van der Waals surface area contributed by atoms with Gasteiger partial charge in [-0.15, -0.1) is 0 Å². The largest absolute Gasteiger partial charge is 0.481 e. The molecule has 0 aromatic carbocycles. The number of alkyl carbamates (subject to hydrolysis) is 1. The fraction of sp³-hybridized carbons (Fsp3) is 0.857. The Kier molecular flexibility index (Phi) is 12.0. The highest BCUT2D eigenvalue weighted by molar-refractivity contribution is 8.77. The molecule has 0 aliphatic carbocycles. The van der Waals surface area contributed by atoms with E-state index in [4.69, 9.17) is 9.84 Å². The van der Waals surface area contributed by atoms with Crippen LogP contribution in [0.25, 0.3) is 0 Å². The van der Waals surface area contributed by atoms with Crippen LogP contribution in [0.2, 0.25) is 0 Å². The molecule has 7 heteroatoms. The number of rotatable bonds is 7. The van der Waals surface area contributed by atoms with E-state index >= 15 is 0 Å². The van der Waals surface area contributed by atoms with Gasteiger partial charge in [0.2, 0.25) is 0 Å². The third-order valence-corrected chi connectivity index (χ3v) is 5.01. The smallest absolute Gasteiger partial charge is 0.407 e. The molecule has 5 nitrogen and oxygen atoms in total. The molecule has 0 spiro atoms. The number of nitrogens with one attached hydrogen (secondary N) is 1. The molecular formula is C14H29NO4S2. The molecule has 0 heterocycles. The minimum Gasteiger partial charge on any atom is -0.481 e. The van der Waals surface area contributed by atoms with Crippen LogP contribution in [-0.4, -0.2) is 39.8 Å². The molecule has 0 saturated carbocycles. The van der Waals surface area contributed by atoms with Crippen LogP contribution in [0.3, 0.4) is 0 Å².